The van der Waals surface area contributed by atoms with Crippen molar-refractivity contribution in [2.45, 2.75) is 6.42 Å². The van der Waals surface area contributed by atoms with E-state index in [0.29, 0.717) is 0 Å². The van der Waals surface area contributed by atoms with Gasteiger partial charge in [0, 0.05) is 32.2 Å². The summed E-state index contributed by atoms with van der Waals surface area (Å²) >= 11 is 0. The van der Waals surface area contributed by atoms with Crippen molar-refractivity contribution in [1.82, 2.24) is 4.90 Å². The van der Waals surface area contributed by atoms with Gasteiger partial charge in [-0.2, -0.15) is 0 Å². The maximum absolute atomic E-state index is 13.2. The van der Waals surface area contributed by atoms with Gasteiger partial charge in [-0.3, -0.25) is 4.79 Å². The molecule has 1 rings (SSSR count). The van der Waals surface area contributed by atoms with Crippen LogP contribution in [0.5, 0.6) is 0 Å². The summed E-state index contributed by atoms with van der Waals surface area (Å²) in [5.41, 5.74) is 5.37. The molecule has 0 aliphatic heterocycles. The van der Waals surface area contributed by atoms with Crippen LogP contribution in [0.25, 0.3) is 0 Å². The van der Waals surface area contributed by atoms with Crippen molar-refractivity contribution in [3.8, 4) is 0 Å². The molecule has 0 unspecified atom stereocenters. The van der Waals surface area contributed by atoms with Gasteiger partial charge in [-0.05, 0) is 18.2 Å². The fraction of sp³-hybridized carbons (Fsp3) is 0.385. The predicted octanol–water partition coefficient (Wildman–Crippen LogP) is 1.19. The van der Waals surface area contributed by atoms with E-state index < -0.39 is 17.5 Å². The molecule has 0 aliphatic carbocycles. The molecule has 0 spiro atoms. The number of oxime groups is 1. The normalized spacial score (nSPS) is 11.5. The number of amides is 1. The zero-order chi connectivity index (χ0) is 15.8. The van der Waals surface area contributed by atoms with Gasteiger partial charge in [0.1, 0.15) is 5.84 Å². The van der Waals surface area contributed by atoms with Gasteiger partial charge in [-0.15, -0.1) is 0 Å². The van der Waals surface area contributed by atoms with Gasteiger partial charge in [0.05, 0.1) is 6.61 Å². The molecule has 0 heterocycles. The fourth-order valence-electron chi connectivity index (χ4n) is 1.63. The Kier molecular flexibility index (Phi) is 6.54. The van der Waals surface area contributed by atoms with Crippen molar-refractivity contribution in [3.63, 3.8) is 0 Å². The second kappa shape index (κ2) is 8.15. The number of halogens is 2. The van der Waals surface area contributed by atoms with Crippen LogP contribution in [0.4, 0.5) is 8.78 Å². The monoisotopic (exact) mass is 301 g/mol. The van der Waals surface area contributed by atoms with Crippen LogP contribution in [0.1, 0.15) is 16.8 Å². The summed E-state index contributed by atoms with van der Waals surface area (Å²) in [7, 11) is 1.48. The number of rotatable bonds is 7. The molecule has 0 saturated heterocycles. The lowest BCUT2D eigenvalue weighted by Gasteiger charge is -2.22. The van der Waals surface area contributed by atoms with Crippen LogP contribution in [0.3, 0.4) is 0 Å². The molecule has 1 aromatic rings. The van der Waals surface area contributed by atoms with Crippen molar-refractivity contribution >= 4 is 11.7 Å². The largest absolute Gasteiger partial charge is 0.409 e. The highest BCUT2D eigenvalue weighted by Crippen LogP contribution is 2.11. The molecule has 116 valence electrons. The van der Waals surface area contributed by atoms with E-state index in [1.807, 2.05) is 0 Å². The maximum atomic E-state index is 13.2. The SMILES string of the molecule is COCCN(CCC(N)=NO)C(=O)c1ccc(F)c(F)c1. The lowest BCUT2D eigenvalue weighted by molar-refractivity contribution is 0.0700. The third-order valence-electron chi connectivity index (χ3n) is 2.79. The topological polar surface area (TPSA) is 88.2 Å². The summed E-state index contributed by atoms with van der Waals surface area (Å²) in [5, 5.41) is 11.3. The van der Waals surface area contributed by atoms with Crippen molar-refractivity contribution in [1.29, 1.82) is 0 Å². The fourth-order valence-corrected chi connectivity index (χ4v) is 1.63. The highest BCUT2D eigenvalue weighted by Gasteiger charge is 2.17. The molecule has 21 heavy (non-hydrogen) atoms. The Hall–Kier alpha value is -2.22. The van der Waals surface area contributed by atoms with Gasteiger partial charge in [-0.25, -0.2) is 8.78 Å². The summed E-state index contributed by atoms with van der Waals surface area (Å²) in [6.45, 7) is 0.676. The number of methoxy groups -OCH3 is 1. The second-order valence-electron chi connectivity index (χ2n) is 4.26. The smallest absolute Gasteiger partial charge is 0.254 e. The van der Waals surface area contributed by atoms with Gasteiger partial charge < -0.3 is 20.6 Å². The third kappa shape index (κ3) is 4.99. The molecule has 6 nitrogen and oxygen atoms in total. The first-order valence-corrected chi connectivity index (χ1v) is 6.19. The molecule has 1 aromatic carbocycles. The van der Waals surface area contributed by atoms with E-state index >= 15 is 0 Å². The Morgan fingerprint density at radius 2 is 2.10 bits per heavy atom. The standard InChI is InChI=1S/C13H17F2N3O3/c1-21-7-6-18(5-4-12(16)17-20)13(19)9-2-3-10(14)11(15)8-9/h2-3,8,20H,4-7H2,1H3,(H2,16,17). The van der Waals surface area contributed by atoms with Crippen molar-refractivity contribution in [3.05, 3.63) is 35.4 Å². The Morgan fingerprint density at radius 1 is 1.38 bits per heavy atom. The van der Waals surface area contributed by atoms with Crippen LogP contribution in [0, 0.1) is 11.6 Å². The summed E-state index contributed by atoms with van der Waals surface area (Å²) in [6.07, 6.45) is 0.148. The van der Waals surface area contributed by atoms with E-state index in [1.54, 1.807) is 0 Å². The average molecular weight is 301 g/mol. The Labute approximate surface area is 120 Å². The van der Waals surface area contributed by atoms with Crippen molar-refractivity contribution < 1.29 is 23.5 Å². The first-order valence-electron chi connectivity index (χ1n) is 6.19. The number of carbonyl (C=O) groups is 1. The molecule has 3 N–H and O–H groups in total. The molecule has 0 saturated carbocycles. The van der Waals surface area contributed by atoms with Crippen molar-refractivity contribution in [2.24, 2.45) is 10.9 Å². The minimum atomic E-state index is -1.09. The van der Waals surface area contributed by atoms with Crippen LogP contribution >= 0.6 is 0 Å². The summed E-state index contributed by atoms with van der Waals surface area (Å²) in [5.74, 6) is -2.64. The molecule has 0 radical (unpaired) electrons. The van der Waals surface area contributed by atoms with Crippen LogP contribution in [0.15, 0.2) is 23.4 Å². The predicted molar refractivity (Wildman–Crippen MR) is 72.2 cm³/mol. The van der Waals surface area contributed by atoms with E-state index in [2.05, 4.69) is 5.16 Å². The molecular formula is C13H17F2N3O3. The number of benzene rings is 1. The van der Waals surface area contributed by atoms with Gasteiger partial charge >= 0.3 is 0 Å². The second-order valence-corrected chi connectivity index (χ2v) is 4.26. The minimum Gasteiger partial charge on any atom is -0.409 e. The number of hydrogen-bond donors (Lipinski definition) is 2. The maximum Gasteiger partial charge on any atom is 0.254 e. The zero-order valence-corrected chi connectivity index (χ0v) is 11.6. The lowest BCUT2D eigenvalue weighted by atomic mass is 10.1. The molecule has 0 bridgehead atoms. The number of hydrogen-bond acceptors (Lipinski definition) is 4. The number of ether oxygens (including phenoxy) is 1. The van der Waals surface area contributed by atoms with Crippen LogP contribution < -0.4 is 5.73 Å². The highest BCUT2D eigenvalue weighted by molar-refractivity contribution is 5.94. The van der Waals surface area contributed by atoms with Gasteiger partial charge in [0.15, 0.2) is 11.6 Å². The molecular weight excluding hydrogens is 284 g/mol. The molecule has 0 aliphatic rings. The molecule has 0 fully saturated rings. The number of nitrogens with two attached hydrogens (primary N) is 1. The van der Waals surface area contributed by atoms with Crippen LogP contribution in [0.2, 0.25) is 0 Å². The van der Waals surface area contributed by atoms with Gasteiger partial charge in [-0.1, -0.05) is 5.16 Å². The first-order chi connectivity index (χ1) is 9.99. The van der Waals surface area contributed by atoms with E-state index in [0.717, 1.165) is 12.1 Å². The van der Waals surface area contributed by atoms with Crippen molar-refractivity contribution in [2.75, 3.05) is 26.8 Å². The minimum absolute atomic E-state index is 0.0181. The molecule has 0 atom stereocenters. The molecule has 8 heteroatoms. The summed E-state index contributed by atoms with van der Waals surface area (Å²) in [6, 6.07) is 2.92. The van der Waals surface area contributed by atoms with Crippen LogP contribution in [-0.2, 0) is 4.74 Å². The number of nitrogens with zero attached hydrogens (tertiary/aromatic N) is 2. The summed E-state index contributed by atoms with van der Waals surface area (Å²) < 4.78 is 31.0. The first kappa shape index (κ1) is 16.8. The third-order valence-corrected chi connectivity index (χ3v) is 2.79. The van der Waals surface area contributed by atoms with E-state index in [-0.39, 0.29) is 37.5 Å². The summed E-state index contributed by atoms with van der Waals surface area (Å²) in [4.78, 5) is 13.6. The van der Waals surface area contributed by atoms with Crippen LogP contribution in [-0.4, -0.2) is 48.7 Å². The highest BCUT2D eigenvalue weighted by atomic mass is 19.2. The molecule has 0 aromatic heterocycles. The van der Waals surface area contributed by atoms with E-state index in [4.69, 9.17) is 15.7 Å². The number of amidine groups is 1. The molecule has 1 amide bonds. The zero-order valence-electron chi connectivity index (χ0n) is 11.6. The number of carbonyl (C=O) groups excluding carboxylic acids is 1. The Balaban J connectivity index is 2.84. The van der Waals surface area contributed by atoms with E-state index in [1.165, 1.54) is 18.1 Å². The van der Waals surface area contributed by atoms with E-state index in [9.17, 15) is 13.6 Å². The Morgan fingerprint density at radius 3 is 2.67 bits per heavy atom. The average Bonchev–Trinajstić information content (AvgIpc) is 2.49. The Bertz CT molecular complexity index is 523. The van der Waals surface area contributed by atoms with Gasteiger partial charge in [0.2, 0.25) is 0 Å². The lowest BCUT2D eigenvalue weighted by Crippen LogP contribution is -2.36. The quantitative estimate of drug-likeness (QED) is 0.343. The van der Waals surface area contributed by atoms with Gasteiger partial charge in [0.25, 0.3) is 5.91 Å².